The summed E-state index contributed by atoms with van der Waals surface area (Å²) in [6, 6.07) is 9.56. The lowest BCUT2D eigenvalue weighted by atomic mass is 10.2. The van der Waals surface area contributed by atoms with Gasteiger partial charge in [-0.3, -0.25) is 9.36 Å². The van der Waals surface area contributed by atoms with Crippen LogP contribution in [0.25, 0.3) is 0 Å². The van der Waals surface area contributed by atoms with Gasteiger partial charge in [-0.1, -0.05) is 53.0 Å². The first kappa shape index (κ1) is 20.9. The molecule has 0 spiro atoms. The molecule has 0 atom stereocenters. The number of anilines is 1. The van der Waals surface area contributed by atoms with Crippen LogP contribution in [0.1, 0.15) is 17.7 Å². The van der Waals surface area contributed by atoms with Crippen LogP contribution >= 0.6 is 47.0 Å². The van der Waals surface area contributed by atoms with Gasteiger partial charge in [-0.15, -0.1) is 0 Å². The van der Waals surface area contributed by atoms with Gasteiger partial charge in [0, 0.05) is 30.4 Å². The minimum atomic E-state index is 0.462. The third-order valence-electron chi connectivity index (χ3n) is 4.00. The van der Waals surface area contributed by atoms with Gasteiger partial charge in [-0.05, 0) is 37.2 Å². The average Bonchev–Trinajstić information content (AvgIpc) is 3.20. The van der Waals surface area contributed by atoms with Gasteiger partial charge >= 0.3 is 0 Å². The van der Waals surface area contributed by atoms with E-state index in [1.54, 1.807) is 9.36 Å². The molecule has 6 nitrogen and oxygen atoms in total. The van der Waals surface area contributed by atoms with E-state index in [-0.39, 0.29) is 0 Å². The Hall–Kier alpha value is -1.80. The lowest BCUT2D eigenvalue weighted by Gasteiger charge is -2.09. The molecule has 0 unspecified atom stereocenters. The van der Waals surface area contributed by atoms with Crippen LogP contribution in [0, 0.1) is 6.92 Å². The number of halogens is 3. The number of hydrogen-bond acceptors (Lipinski definition) is 3. The van der Waals surface area contributed by atoms with Crippen LogP contribution < -0.4 is 10.6 Å². The first-order valence-corrected chi connectivity index (χ1v) is 10.2. The quantitative estimate of drug-likeness (QED) is 0.395. The summed E-state index contributed by atoms with van der Waals surface area (Å²) in [7, 11) is 0. The molecule has 0 bridgehead atoms. The van der Waals surface area contributed by atoms with Crippen molar-refractivity contribution in [3.05, 3.63) is 63.0 Å². The number of aromatic nitrogens is 4. The zero-order valence-electron chi connectivity index (χ0n) is 15.1. The average molecular weight is 458 g/mol. The summed E-state index contributed by atoms with van der Waals surface area (Å²) in [4.78, 5) is 0. The summed E-state index contributed by atoms with van der Waals surface area (Å²) < 4.78 is 3.49. The number of nitrogens with zero attached hydrogens (tertiary/aromatic N) is 4. The van der Waals surface area contributed by atoms with Gasteiger partial charge in [0.1, 0.15) is 10.2 Å². The Morgan fingerprint density at radius 2 is 1.93 bits per heavy atom. The SMILES string of the molecule is Cc1nn(CCCNC(=S)Nc2ccn(Cc3ccccc3Cl)n2)c(Cl)c1Cl. The monoisotopic (exact) mass is 456 g/mol. The first-order chi connectivity index (χ1) is 13.4. The van der Waals surface area contributed by atoms with Crippen molar-refractivity contribution in [2.45, 2.75) is 26.4 Å². The van der Waals surface area contributed by atoms with Crippen LogP contribution in [0.3, 0.4) is 0 Å². The van der Waals surface area contributed by atoms with Crippen molar-refractivity contribution in [2.24, 2.45) is 0 Å². The molecule has 0 saturated carbocycles. The van der Waals surface area contributed by atoms with Crippen molar-refractivity contribution >= 4 is 58.0 Å². The summed E-state index contributed by atoms with van der Waals surface area (Å²) in [6.07, 6.45) is 2.67. The van der Waals surface area contributed by atoms with Gasteiger partial charge in [-0.25, -0.2) is 0 Å². The van der Waals surface area contributed by atoms with Crippen molar-refractivity contribution < 1.29 is 0 Å². The van der Waals surface area contributed by atoms with Crippen molar-refractivity contribution in [2.75, 3.05) is 11.9 Å². The summed E-state index contributed by atoms with van der Waals surface area (Å²) in [5.41, 5.74) is 1.73. The Bertz CT molecular complexity index is 968. The molecule has 0 aliphatic carbocycles. The predicted octanol–water partition coefficient (Wildman–Crippen LogP) is 4.77. The molecule has 0 radical (unpaired) electrons. The Balaban J connectivity index is 1.43. The Morgan fingerprint density at radius 1 is 1.14 bits per heavy atom. The molecular formula is C18H19Cl3N6S. The second-order valence-corrected chi connectivity index (χ2v) is 7.69. The van der Waals surface area contributed by atoms with Crippen LogP contribution in [-0.4, -0.2) is 31.2 Å². The number of rotatable bonds is 7. The largest absolute Gasteiger partial charge is 0.362 e. The summed E-state index contributed by atoms with van der Waals surface area (Å²) in [6.45, 7) is 3.73. The van der Waals surface area contributed by atoms with Gasteiger partial charge in [0.25, 0.3) is 0 Å². The fourth-order valence-electron chi connectivity index (χ4n) is 2.59. The van der Waals surface area contributed by atoms with Gasteiger partial charge < -0.3 is 10.6 Å². The van der Waals surface area contributed by atoms with Gasteiger partial charge in [0.15, 0.2) is 10.9 Å². The highest BCUT2D eigenvalue weighted by Crippen LogP contribution is 2.24. The van der Waals surface area contributed by atoms with Crippen LogP contribution in [0.2, 0.25) is 15.2 Å². The molecule has 2 aromatic heterocycles. The van der Waals surface area contributed by atoms with E-state index >= 15 is 0 Å². The smallest absolute Gasteiger partial charge is 0.171 e. The molecule has 3 rings (SSSR count). The van der Waals surface area contributed by atoms with Gasteiger partial charge in [-0.2, -0.15) is 10.2 Å². The van der Waals surface area contributed by atoms with E-state index in [2.05, 4.69) is 20.8 Å². The number of thiocarbonyl (C=S) groups is 1. The number of benzene rings is 1. The number of nitrogens with one attached hydrogen (secondary N) is 2. The highest BCUT2D eigenvalue weighted by atomic mass is 35.5. The summed E-state index contributed by atoms with van der Waals surface area (Å²) in [5, 5.41) is 17.2. The molecule has 3 aromatic rings. The molecule has 28 heavy (non-hydrogen) atoms. The molecule has 148 valence electrons. The second-order valence-electron chi connectivity index (χ2n) is 6.14. The normalized spacial score (nSPS) is 10.9. The molecule has 2 N–H and O–H groups in total. The van der Waals surface area contributed by atoms with Crippen molar-refractivity contribution in [3.63, 3.8) is 0 Å². The molecule has 2 heterocycles. The Labute approximate surface area is 183 Å². The third-order valence-corrected chi connectivity index (χ3v) is 5.55. The van der Waals surface area contributed by atoms with Crippen molar-refractivity contribution in [3.8, 4) is 0 Å². The molecule has 10 heteroatoms. The summed E-state index contributed by atoms with van der Waals surface area (Å²) >= 11 is 23.7. The molecule has 1 aromatic carbocycles. The molecule has 0 aliphatic rings. The van der Waals surface area contributed by atoms with E-state index in [9.17, 15) is 0 Å². The number of hydrogen-bond donors (Lipinski definition) is 2. The first-order valence-electron chi connectivity index (χ1n) is 8.64. The zero-order valence-corrected chi connectivity index (χ0v) is 18.2. The van der Waals surface area contributed by atoms with Crippen molar-refractivity contribution in [1.29, 1.82) is 0 Å². The van der Waals surface area contributed by atoms with Crippen molar-refractivity contribution in [1.82, 2.24) is 24.9 Å². The minimum Gasteiger partial charge on any atom is -0.362 e. The topological polar surface area (TPSA) is 59.7 Å². The van der Waals surface area contributed by atoms with Crippen LogP contribution in [0.15, 0.2) is 36.5 Å². The molecule has 0 amide bonds. The van der Waals surface area contributed by atoms with Gasteiger partial charge in [0.2, 0.25) is 0 Å². The molecule has 0 aliphatic heterocycles. The fourth-order valence-corrected chi connectivity index (χ4v) is 3.38. The fraction of sp³-hybridized carbons (Fsp3) is 0.278. The van der Waals surface area contributed by atoms with E-state index in [1.165, 1.54) is 0 Å². The lowest BCUT2D eigenvalue weighted by molar-refractivity contribution is 0.571. The zero-order chi connectivity index (χ0) is 20.1. The maximum atomic E-state index is 6.19. The number of aryl methyl sites for hydroxylation is 2. The van der Waals surface area contributed by atoms with E-state index in [0.717, 1.165) is 22.7 Å². The van der Waals surface area contributed by atoms with E-state index < -0.39 is 0 Å². The van der Waals surface area contributed by atoms with E-state index in [1.807, 2.05) is 43.5 Å². The highest BCUT2D eigenvalue weighted by molar-refractivity contribution is 7.80. The third kappa shape index (κ3) is 5.38. The van der Waals surface area contributed by atoms with Gasteiger partial charge in [0.05, 0.1) is 12.2 Å². The standard InChI is InChI=1S/C18H19Cl3N6S/c1-12-16(20)17(21)27(24-12)9-4-8-22-18(28)23-15-7-10-26(25-15)11-13-5-2-3-6-14(13)19/h2-3,5-7,10H,4,8-9,11H2,1H3,(H2,22,23,25,28). The maximum Gasteiger partial charge on any atom is 0.171 e. The van der Waals surface area contributed by atoms with Crippen LogP contribution in [0.4, 0.5) is 5.82 Å². The predicted molar refractivity (Wildman–Crippen MR) is 119 cm³/mol. The molecule has 0 fully saturated rings. The maximum absolute atomic E-state index is 6.19. The van der Waals surface area contributed by atoms with Crippen LogP contribution in [-0.2, 0) is 13.1 Å². The highest BCUT2D eigenvalue weighted by Gasteiger charge is 2.10. The van der Waals surface area contributed by atoms with Crippen LogP contribution in [0.5, 0.6) is 0 Å². The van der Waals surface area contributed by atoms with E-state index in [0.29, 0.717) is 40.7 Å². The lowest BCUT2D eigenvalue weighted by Crippen LogP contribution is -2.30. The molecular weight excluding hydrogens is 439 g/mol. The minimum absolute atomic E-state index is 0.462. The second kappa shape index (κ2) is 9.60. The Morgan fingerprint density at radius 3 is 2.64 bits per heavy atom. The summed E-state index contributed by atoms with van der Waals surface area (Å²) in [5.74, 6) is 0.669. The molecule has 0 saturated heterocycles. The Kier molecular flexibility index (Phi) is 7.18. The van der Waals surface area contributed by atoms with E-state index in [4.69, 9.17) is 47.0 Å².